The maximum absolute atomic E-state index is 13.1. The van der Waals surface area contributed by atoms with Gasteiger partial charge in [0.15, 0.2) is 12.2 Å². The molecule has 3 N–H and O–H groups in total. The molecule has 0 saturated heterocycles. The van der Waals surface area contributed by atoms with Crippen LogP contribution < -0.4 is 0 Å². The van der Waals surface area contributed by atoms with Crippen molar-refractivity contribution in [2.45, 2.75) is 420 Å². The lowest BCUT2D eigenvalue weighted by atomic mass is 9.99. The molecule has 0 aromatic rings. The monoisotopic (exact) mass is 1420 g/mol. The van der Waals surface area contributed by atoms with Crippen LogP contribution in [-0.4, -0.2) is 96.7 Å². The Morgan fingerprint density at radius 1 is 0.299 bits per heavy atom. The van der Waals surface area contributed by atoms with E-state index in [0.29, 0.717) is 25.7 Å². The zero-order chi connectivity index (χ0) is 71.6. The van der Waals surface area contributed by atoms with E-state index in [4.69, 9.17) is 37.0 Å². The highest BCUT2D eigenvalue weighted by Gasteiger charge is 2.30. The predicted octanol–water partition coefficient (Wildman–Crippen LogP) is 23.0. The van der Waals surface area contributed by atoms with Crippen molar-refractivity contribution in [1.82, 2.24) is 0 Å². The molecule has 0 bridgehead atoms. The predicted molar refractivity (Wildman–Crippen MR) is 395 cm³/mol. The lowest BCUT2D eigenvalue weighted by molar-refractivity contribution is -0.161. The second kappa shape index (κ2) is 68.5. The number of phosphoric ester groups is 2. The number of carbonyl (C=O) groups is 4. The fourth-order valence-electron chi connectivity index (χ4n) is 11.9. The van der Waals surface area contributed by atoms with Crippen LogP contribution in [0.4, 0.5) is 0 Å². The van der Waals surface area contributed by atoms with Gasteiger partial charge in [-0.15, -0.1) is 0 Å². The van der Waals surface area contributed by atoms with Crippen LogP contribution >= 0.6 is 15.6 Å². The molecule has 0 aliphatic rings. The van der Waals surface area contributed by atoms with Crippen LogP contribution in [0.25, 0.3) is 0 Å². The number of aliphatic hydroxyl groups is 1. The fourth-order valence-corrected chi connectivity index (χ4v) is 13.5. The Morgan fingerprint density at radius 3 is 0.784 bits per heavy atom. The smallest absolute Gasteiger partial charge is 0.462 e. The van der Waals surface area contributed by atoms with E-state index in [-0.39, 0.29) is 25.7 Å². The van der Waals surface area contributed by atoms with E-state index in [2.05, 4.69) is 48.5 Å². The topological polar surface area (TPSA) is 237 Å². The number of rotatable bonds is 76. The first-order valence-corrected chi connectivity index (χ1v) is 43.4. The second-order valence-electron chi connectivity index (χ2n) is 29.1. The molecule has 0 amide bonds. The lowest BCUT2D eigenvalue weighted by Gasteiger charge is -2.21. The summed E-state index contributed by atoms with van der Waals surface area (Å²) in [4.78, 5) is 72.9. The Morgan fingerprint density at radius 2 is 0.526 bits per heavy atom. The van der Waals surface area contributed by atoms with Crippen LogP contribution in [0, 0.1) is 17.8 Å². The molecule has 0 rings (SSSR count). The largest absolute Gasteiger partial charge is 0.472 e. The van der Waals surface area contributed by atoms with Gasteiger partial charge in [-0.05, 0) is 43.4 Å². The van der Waals surface area contributed by atoms with Gasteiger partial charge in [-0.2, -0.15) is 0 Å². The Labute approximate surface area is 594 Å². The summed E-state index contributed by atoms with van der Waals surface area (Å²) >= 11 is 0. The number of ether oxygens (including phenoxy) is 4. The van der Waals surface area contributed by atoms with Gasteiger partial charge >= 0.3 is 39.5 Å². The maximum Gasteiger partial charge on any atom is 0.472 e. The van der Waals surface area contributed by atoms with E-state index in [1.54, 1.807) is 0 Å². The lowest BCUT2D eigenvalue weighted by Crippen LogP contribution is -2.30. The highest BCUT2D eigenvalue weighted by Crippen LogP contribution is 2.45. The average molecular weight is 1420 g/mol. The molecule has 19 heteroatoms. The standard InChI is InChI=1S/C78H152O17P2/c1-8-11-12-13-14-15-30-38-45-52-59-75(80)88-66-74(95-78(83)62-55-48-41-34-33-37-44-51-58-71(7)10-3)68-93-97(86,87)91-64-72(79)63-90-96(84,85)92-67-73(65-89-76(81)60-53-46-39-31-27-26-29-36-43-50-57-70(6)9-2)94-77(82)61-54-47-40-32-25-23-21-19-17-16-18-20-22-24-28-35-42-49-56-69(4)5/h69-74,79H,8-68H2,1-7H3,(H,84,85)(H,86,87)/t70?,71?,72-,73-,74-/m1/s1. The van der Waals surface area contributed by atoms with Crippen LogP contribution in [0.2, 0.25) is 0 Å². The first-order valence-electron chi connectivity index (χ1n) is 40.4. The average Bonchev–Trinajstić information content (AvgIpc) is 1.84. The van der Waals surface area contributed by atoms with E-state index >= 15 is 0 Å². The Balaban J connectivity index is 5.22. The SMILES string of the molecule is CCCCCCCCCCCCC(=O)OC[C@H](COP(=O)(O)OC[C@H](O)COP(=O)(O)OC[C@@H](COC(=O)CCCCCCCCCCCCC(C)CC)OC(=O)CCCCCCCCCCCCCCCCCCCCC(C)C)OC(=O)CCCCCCCCCCC(C)CC. The van der Waals surface area contributed by atoms with Crippen LogP contribution in [0.5, 0.6) is 0 Å². The van der Waals surface area contributed by atoms with Gasteiger partial charge in [0.2, 0.25) is 0 Å². The van der Waals surface area contributed by atoms with Gasteiger partial charge in [-0.25, -0.2) is 9.13 Å². The molecule has 576 valence electrons. The summed E-state index contributed by atoms with van der Waals surface area (Å²) in [6.07, 6.45) is 55.4. The maximum atomic E-state index is 13.1. The number of unbranched alkanes of at least 4 members (excludes halogenated alkanes) is 42. The van der Waals surface area contributed by atoms with E-state index in [1.165, 1.54) is 212 Å². The van der Waals surface area contributed by atoms with Gasteiger partial charge in [0.05, 0.1) is 26.4 Å². The van der Waals surface area contributed by atoms with Crippen LogP contribution in [-0.2, 0) is 65.4 Å². The number of carbonyl (C=O) groups excluding carboxylic acids is 4. The van der Waals surface area contributed by atoms with Crippen molar-refractivity contribution in [3.63, 3.8) is 0 Å². The van der Waals surface area contributed by atoms with Crippen LogP contribution in [0.1, 0.15) is 402 Å². The number of esters is 4. The Bertz CT molecular complexity index is 1890. The number of hydrogen-bond acceptors (Lipinski definition) is 15. The summed E-state index contributed by atoms with van der Waals surface area (Å²) in [5, 5.41) is 10.6. The molecule has 17 nitrogen and oxygen atoms in total. The molecule has 0 aliphatic carbocycles. The summed E-state index contributed by atoms with van der Waals surface area (Å²) in [5.41, 5.74) is 0. The number of aliphatic hydroxyl groups excluding tert-OH is 1. The van der Waals surface area contributed by atoms with Crippen molar-refractivity contribution in [2.24, 2.45) is 17.8 Å². The first-order chi connectivity index (χ1) is 46.8. The zero-order valence-electron chi connectivity index (χ0n) is 63.5. The van der Waals surface area contributed by atoms with Crippen molar-refractivity contribution in [3.05, 3.63) is 0 Å². The van der Waals surface area contributed by atoms with E-state index in [9.17, 15) is 43.2 Å². The van der Waals surface area contributed by atoms with Gasteiger partial charge in [-0.3, -0.25) is 37.3 Å². The Kier molecular flexibility index (Phi) is 67.1. The molecule has 0 aromatic heterocycles. The third-order valence-corrected chi connectivity index (χ3v) is 20.8. The third kappa shape index (κ3) is 69.5. The van der Waals surface area contributed by atoms with Crippen LogP contribution in [0.3, 0.4) is 0 Å². The normalized spacial score (nSPS) is 14.6. The zero-order valence-corrected chi connectivity index (χ0v) is 65.3. The van der Waals surface area contributed by atoms with E-state index in [1.807, 2.05) is 0 Å². The molecule has 0 aliphatic heterocycles. The van der Waals surface area contributed by atoms with Gasteiger partial charge < -0.3 is 33.8 Å². The highest BCUT2D eigenvalue weighted by atomic mass is 31.2. The molecule has 0 fully saturated rings. The van der Waals surface area contributed by atoms with Crippen molar-refractivity contribution in [3.8, 4) is 0 Å². The van der Waals surface area contributed by atoms with Crippen molar-refractivity contribution >= 4 is 39.5 Å². The minimum atomic E-state index is -4.96. The van der Waals surface area contributed by atoms with Crippen molar-refractivity contribution in [1.29, 1.82) is 0 Å². The summed E-state index contributed by atoms with van der Waals surface area (Å²) < 4.78 is 68.6. The van der Waals surface area contributed by atoms with Gasteiger partial charge in [0.25, 0.3) is 0 Å². The molecule has 4 unspecified atom stereocenters. The molecule has 0 heterocycles. The van der Waals surface area contributed by atoms with Gasteiger partial charge in [0, 0.05) is 25.7 Å². The molecule has 7 atom stereocenters. The number of hydrogen-bond donors (Lipinski definition) is 3. The number of phosphoric acid groups is 2. The molecule has 0 aromatic carbocycles. The third-order valence-electron chi connectivity index (χ3n) is 18.9. The Hall–Kier alpha value is -1.94. The summed E-state index contributed by atoms with van der Waals surface area (Å²) in [6, 6.07) is 0. The highest BCUT2D eigenvalue weighted by molar-refractivity contribution is 7.47. The minimum absolute atomic E-state index is 0.105. The van der Waals surface area contributed by atoms with Crippen molar-refractivity contribution < 1.29 is 80.2 Å². The van der Waals surface area contributed by atoms with E-state index < -0.39 is 97.5 Å². The summed E-state index contributed by atoms with van der Waals surface area (Å²) in [6.45, 7) is 12.0. The molecule has 0 saturated carbocycles. The molecule has 0 spiro atoms. The van der Waals surface area contributed by atoms with Gasteiger partial charge in [-0.1, -0.05) is 350 Å². The van der Waals surface area contributed by atoms with Crippen molar-refractivity contribution in [2.75, 3.05) is 39.6 Å². The molecule has 97 heavy (non-hydrogen) atoms. The fraction of sp³-hybridized carbons (Fsp3) is 0.949. The van der Waals surface area contributed by atoms with Crippen LogP contribution in [0.15, 0.2) is 0 Å². The summed E-state index contributed by atoms with van der Waals surface area (Å²) in [7, 11) is -9.91. The second-order valence-corrected chi connectivity index (χ2v) is 32.0. The minimum Gasteiger partial charge on any atom is -0.462 e. The summed E-state index contributed by atoms with van der Waals surface area (Å²) in [5.74, 6) is 0.283. The van der Waals surface area contributed by atoms with Gasteiger partial charge in [0.1, 0.15) is 19.3 Å². The molecular formula is C78H152O17P2. The first kappa shape index (κ1) is 95.1. The molecular weight excluding hydrogens is 1270 g/mol. The van der Waals surface area contributed by atoms with E-state index in [0.717, 1.165) is 108 Å². The molecule has 0 radical (unpaired) electrons. The quantitative estimate of drug-likeness (QED) is 0.0222.